The lowest BCUT2D eigenvalue weighted by Gasteiger charge is -2.26. The molecule has 0 amide bonds. The van der Waals surface area contributed by atoms with Gasteiger partial charge < -0.3 is 15.0 Å². The van der Waals surface area contributed by atoms with Crippen molar-refractivity contribution in [3.63, 3.8) is 0 Å². The molecular formula is C13H24N2O. The predicted molar refractivity (Wildman–Crippen MR) is 64.5 cm³/mol. The van der Waals surface area contributed by atoms with Crippen molar-refractivity contribution in [1.82, 2.24) is 10.2 Å². The third kappa shape index (κ3) is 2.41. The van der Waals surface area contributed by atoms with Crippen LogP contribution in [0.4, 0.5) is 0 Å². The number of likely N-dealkylation sites (tertiary alicyclic amines) is 1. The molecule has 0 radical (unpaired) electrons. The molecule has 1 aliphatic carbocycles. The maximum Gasteiger partial charge on any atom is 0.0620 e. The number of fused-ring (bicyclic) bond motifs is 1. The molecular weight excluding hydrogens is 200 g/mol. The third-order valence-corrected chi connectivity index (χ3v) is 4.59. The smallest absolute Gasteiger partial charge is 0.0620 e. The summed E-state index contributed by atoms with van der Waals surface area (Å²) in [5.74, 6) is 2.08. The van der Waals surface area contributed by atoms with E-state index in [0.717, 1.165) is 31.6 Å². The highest BCUT2D eigenvalue weighted by atomic mass is 16.5. The summed E-state index contributed by atoms with van der Waals surface area (Å²) in [5.41, 5.74) is 0. The Morgan fingerprint density at radius 3 is 2.69 bits per heavy atom. The van der Waals surface area contributed by atoms with Crippen LogP contribution in [0.1, 0.15) is 25.7 Å². The quantitative estimate of drug-likeness (QED) is 0.777. The van der Waals surface area contributed by atoms with E-state index in [1.165, 1.54) is 45.3 Å². The van der Waals surface area contributed by atoms with E-state index in [9.17, 15) is 0 Å². The van der Waals surface area contributed by atoms with Crippen molar-refractivity contribution >= 4 is 0 Å². The highest BCUT2D eigenvalue weighted by molar-refractivity contribution is 4.88. The molecule has 2 aliphatic heterocycles. The Kier molecular flexibility index (Phi) is 3.46. The zero-order chi connectivity index (χ0) is 10.8. The Balaban J connectivity index is 1.39. The second-order valence-corrected chi connectivity index (χ2v) is 5.73. The van der Waals surface area contributed by atoms with Crippen molar-refractivity contribution in [2.75, 3.05) is 39.4 Å². The summed E-state index contributed by atoms with van der Waals surface area (Å²) in [5, 5.41) is 3.54. The molecule has 0 aromatic rings. The molecule has 3 rings (SSSR count). The maximum atomic E-state index is 5.49. The van der Waals surface area contributed by atoms with Gasteiger partial charge in [0.05, 0.1) is 13.2 Å². The van der Waals surface area contributed by atoms with E-state index in [-0.39, 0.29) is 0 Å². The van der Waals surface area contributed by atoms with Gasteiger partial charge in [-0.1, -0.05) is 6.42 Å². The van der Waals surface area contributed by atoms with E-state index in [0.29, 0.717) is 6.04 Å². The van der Waals surface area contributed by atoms with E-state index in [2.05, 4.69) is 10.2 Å². The van der Waals surface area contributed by atoms with Crippen LogP contribution in [-0.2, 0) is 4.74 Å². The van der Waals surface area contributed by atoms with Gasteiger partial charge >= 0.3 is 0 Å². The Bertz CT molecular complexity index is 216. The molecule has 3 heteroatoms. The van der Waals surface area contributed by atoms with Gasteiger partial charge in [-0.3, -0.25) is 0 Å². The van der Waals surface area contributed by atoms with E-state index in [4.69, 9.17) is 4.74 Å². The molecule has 3 aliphatic rings. The molecule has 3 unspecified atom stereocenters. The average molecular weight is 224 g/mol. The first-order valence-corrected chi connectivity index (χ1v) is 6.95. The molecule has 1 saturated carbocycles. The van der Waals surface area contributed by atoms with E-state index < -0.39 is 0 Å². The topological polar surface area (TPSA) is 24.5 Å². The summed E-state index contributed by atoms with van der Waals surface area (Å²) >= 11 is 0. The fourth-order valence-corrected chi connectivity index (χ4v) is 3.66. The van der Waals surface area contributed by atoms with Gasteiger partial charge in [0, 0.05) is 25.7 Å². The van der Waals surface area contributed by atoms with Crippen LogP contribution < -0.4 is 5.32 Å². The van der Waals surface area contributed by atoms with E-state index in [1.54, 1.807) is 0 Å². The molecule has 0 bridgehead atoms. The first kappa shape index (κ1) is 11.0. The molecule has 0 aromatic heterocycles. The molecule has 3 atom stereocenters. The van der Waals surface area contributed by atoms with Crippen molar-refractivity contribution in [3.8, 4) is 0 Å². The normalized spacial score (nSPS) is 40.1. The van der Waals surface area contributed by atoms with Crippen LogP contribution in [0.15, 0.2) is 0 Å². The van der Waals surface area contributed by atoms with Gasteiger partial charge in [0.2, 0.25) is 0 Å². The molecule has 2 heterocycles. The SMILES string of the molecule is C1CC2CN(CCC3COCCN3)CC2C1. The second kappa shape index (κ2) is 5.03. The summed E-state index contributed by atoms with van der Waals surface area (Å²) in [6.07, 6.45) is 5.73. The van der Waals surface area contributed by atoms with Gasteiger partial charge in [-0.2, -0.15) is 0 Å². The Morgan fingerprint density at radius 2 is 2.00 bits per heavy atom. The predicted octanol–water partition coefficient (Wildman–Crippen LogP) is 1.10. The minimum atomic E-state index is 0.606. The number of morpholine rings is 1. The van der Waals surface area contributed by atoms with Crippen molar-refractivity contribution in [2.45, 2.75) is 31.7 Å². The minimum Gasteiger partial charge on any atom is -0.379 e. The first-order valence-electron chi connectivity index (χ1n) is 6.95. The second-order valence-electron chi connectivity index (χ2n) is 5.73. The first-order chi connectivity index (χ1) is 7.92. The maximum absolute atomic E-state index is 5.49. The van der Waals surface area contributed by atoms with Crippen LogP contribution in [-0.4, -0.2) is 50.3 Å². The highest BCUT2D eigenvalue weighted by Crippen LogP contribution is 2.37. The molecule has 2 saturated heterocycles. The van der Waals surface area contributed by atoms with Crippen LogP contribution in [0.3, 0.4) is 0 Å². The van der Waals surface area contributed by atoms with Crippen molar-refractivity contribution < 1.29 is 4.74 Å². The lowest BCUT2D eigenvalue weighted by Crippen LogP contribution is -2.43. The molecule has 3 fully saturated rings. The van der Waals surface area contributed by atoms with Crippen LogP contribution in [0.5, 0.6) is 0 Å². The number of nitrogens with zero attached hydrogens (tertiary/aromatic N) is 1. The van der Waals surface area contributed by atoms with Crippen molar-refractivity contribution in [3.05, 3.63) is 0 Å². The van der Waals surface area contributed by atoms with Gasteiger partial charge in [0.1, 0.15) is 0 Å². The Morgan fingerprint density at radius 1 is 1.19 bits per heavy atom. The van der Waals surface area contributed by atoms with Crippen LogP contribution in [0.25, 0.3) is 0 Å². The molecule has 0 spiro atoms. The summed E-state index contributed by atoms with van der Waals surface area (Å²) in [4.78, 5) is 2.69. The fraction of sp³-hybridized carbons (Fsp3) is 1.00. The summed E-state index contributed by atoms with van der Waals surface area (Å²) in [6.45, 7) is 6.87. The van der Waals surface area contributed by atoms with Gasteiger partial charge in [-0.25, -0.2) is 0 Å². The van der Waals surface area contributed by atoms with Gasteiger partial charge in [0.15, 0.2) is 0 Å². The standard InChI is InChI=1S/C13H24N2O/c1-2-11-8-15(9-12(11)3-1)6-4-13-10-16-7-5-14-13/h11-14H,1-10H2. The number of ether oxygens (including phenoxy) is 1. The molecule has 16 heavy (non-hydrogen) atoms. The number of nitrogens with one attached hydrogen (secondary N) is 1. The van der Waals surface area contributed by atoms with E-state index >= 15 is 0 Å². The third-order valence-electron chi connectivity index (χ3n) is 4.59. The van der Waals surface area contributed by atoms with E-state index in [1.807, 2.05) is 0 Å². The number of rotatable bonds is 3. The minimum absolute atomic E-state index is 0.606. The summed E-state index contributed by atoms with van der Waals surface area (Å²) < 4.78 is 5.49. The monoisotopic (exact) mass is 224 g/mol. The molecule has 1 N–H and O–H groups in total. The summed E-state index contributed by atoms with van der Waals surface area (Å²) in [6, 6.07) is 0.606. The van der Waals surface area contributed by atoms with Gasteiger partial charge in [-0.15, -0.1) is 0 Å². The highest BCUT2D eigenvalue weighted by Gasteiger charge is 2.35. The molecule has 3 nitrogen and oxygen atoms in total. The fourth-order valence-electron chi connectivity index (χ4n) is 3.66. The zero-order valence-corrected chi connectivity index (χ0v) is 10.2. The van der Waals surface area contributed by atoms with Gasteiger partial charge in [-0.05, 0) is 37.6 Å². The number of hydrogen-bond acceptors (Lipinski definition) is 3. The Hall–Kier alpha value is -0.120. The summed E-state index contributed by atoms with van der Waals surface area (Å²) in [7, 11) is 0. The Labute approximate surface area is 98.5 Å². The average Bonchev–Trinajstić information content (AvgIpc) is 2.88. The lowest BCUT2D eigenvalue weighted by atomic mass is 10.0. The van der Waals surface area contributed by atoms with Crippen molar-refractivity contribution in [2.24, 2.45) is 11.8 Å². The lowest BCUT2D eigenvalue weighted by molar-refractivity contribution is 0.0706. The molecule has 0 aromatic carbocycles. The zero-order valence-electron chi connectivity index (χ0n) is 10.2. The largest absolute Gasteiger partial charge is 0.379 e. The van der Waals surface area contributed by atoms with Crippen molar-refractivity contribution in [1.29, 1.82) is 0 Å². The van der Waals surface area contributed by atoms with Crippen LogP contribution in [0.2, 0.25) is 0 Å². The van der Waals surface area contributed by atoms with Gasteiger partial charge in [0.25, 0.3) is 0 Å². The van der Waals surface area contributed by atoms with Crippen LogP contribution >= 0.6 is 0 Å². The van der Waals surface area contributed by atoms with Crippen LogP contribution in [0, 0.1) is 11.8 Å². The number of hydrogen-bond donors (Lipinski definition) is 1. The molecule has 92 valence electrons.